The van der Waals surface area contributed by atoms with Crippen molar-refractivity contribution in [2.45, 2.75) is 38.6 Å². The fraction of sp³-hybridized carbons (Fsp3) is 0.350. The van der Waals surface area contributed by atoms with Crippen LogP contribution in [0.4, 0.5) is 5.69 Å². The van der Waals surface area contributed by atoms with Crippen molar-refractivity contribution in [3.05, 3.63) is 65.7 Å². The van der Waals surface area contributed by atoms with Gasteiger partial charge in [0.1, 0.15) is 5.78 Å². The van der Waals surface area contributed by atoms with Crippen LogP contribution in [-0.2, 0) is 4.79 Å². The Hall–Kier alpha value is -2.09. The number of Topliss-reactive ketones (excluding diaryl/α,β-unsaturated/α-hetero) is 1. The van der Waals surface area contributed by atoms with Gasteiger partial charge in [-0.2, -0.15) is 0 Å². The van der Waals surface area contributed by atoms with E-state index in [9.17, 15) is 4.79 Å². The Kier molecular flexibility index (Phi) is 4.57. The van der Waals surface area contributed by atoms with E-state index in [0.29, 0.717) is 5.78 Å². The van der Waals surface area contributed by atoms with E-state index in [1.807, 2.05) is 18.2 Å². The molecule has 1 N–H and O–H groups in total. The van der Waals surface area contributed by atoms with Crippen LogP contribution in [0.2, 0.25) is 0 Å². The van der Waals surface area contributed by atoms with Gasteiger partial charge in [-0.3, -0.25) is 4.79 Å². The van der Waals surface area contributed by atoms with Crippen LogP contribution in [0.1, 0.15) is 42.9 Å². The zero-order valence-corrected chi connectivity index (χ0v) is 13.1. The lowest BCUT2D eigenvalue weighted by atomic mass is 9.80. The molecule has 2 nitrogen and oxygen atoms in total. The van der Waals surface area contributed by atoms with Crippen LogP contribution in [0.3, 0.4) is 0 Å². The molecule has 0 aromatic heterocycles. The smallest absolute Gasteiger partial charge is 0.138 e. The molecule has 2 atom stereocenters. The molecule has 1 aliphatic rings. The summed E-state index contributed by atoms with van der Waals surface area (Å²) in [6.07, 6.45) is 3.90. The second-order valence-corrected chi connectivity index (χ2v) is 6.22. The first-order valence-corrected chi connectivity index (χ1v) is 8.15. The fourth-order valence-electron chi connectivity index (χ4n) is 3.27. The third-order valence-corrected chi connectivity index (χ3v) is 4.54. The van der Waals surface area contributed by atoms with Gasteiger partial charge in [0.15, 0.2) is 0 Å². The minimum Gasteiger partial charge on any atom is -0.378 e. The number of carbonyl (C=O) groups excluding carboxylic acids is 1. The minimum atomic E-state index is 0.0664. The molecule has 0 bridgehead atoms. The number of hydrogen-bond acceptors (Lipinski definition) is 2. The van der Waals surface area contributed by atoms with Crippen molar-refractivity contribution in [3.63, 3.8) is 0 Å². The normalized spacial score (nSPS) is 19.7. The molecular formula is C20H23NO. The summed E-state index contributed by atoms with van der Waals surface area (Å²) >= 11 is 0. The van der Waals surface area contributed by atoms with Crippen molar-refractivity contribution in [1.82, 2.24) is 0 Å². The molecule has 1 fully saturated rings. The lowest BCUT2D eigenvalue weighted by molar-refractivity contribution is -0.125. The maximum Gasteiger partial charge on any atom is 0.138 e. The molecule has 114 valence electrons. The summed E-state index contributed by atoms with van der Waals surface area (Å²) in [6, 6.07) is 18.8. The van der Waals surface area contributed by atoms with Crippen molar-refractivity contribution in [1.29, 1.82) is 0 Å². The maximum atomic E-state index is 12.4. The van der Waals surface area contributed by atoms with Crippen molar-refractivity contribution < 1.29 is 4.79 Å². The molecule has 0 heterocycles. The summed E-state index contributed by atoms with van der Waals surface area (Å²) in [5, 5.41) is 3.60. The van der Waals surface area contributed by atoms with Crippen LogP contribution in [0.15, 0.2) is 54.6 Å². The summed E-state index contributed by atoms with van der Waals surface area (Å²) in [4.78, 5) is 12.4. The van der Waals surface area contributed by atoms with Gasteiger partial charge in [0, 0.05) is 18.0 Å². The predicted octanol–water partition coefficient (Wildman–Crippen LogP) is 4.91. The molecular weight excluding hydrogens is 270 g/mol. The number of carbonyl (C=O) groups is 1. The number of nitrogens with one attached hydrogen (secondary N) is 1. The van der Waals surface area contributed by atoms with Crippen molar-refractivity contribution >= 4 is 11.5 Å². The Balaban J connectivity index is 1.88. The van der Waals surface area contributed by atoms with Gasteiger partial charge < -0.3 is 5.32 Å². The molecule has 1 saturated carbocycles. The maximum absolute atomic E-state index is 12.4. The number of aryl methyl sites for hydroxylation is 1. The Morgan fingerprint density at radius 1 is 1.00 bits per heavy atom. The van der Waals surface area contributed by atoms with E-state index >= 15 is 0 Å². The quantitative estimate of drug-likeness (QED) is 0.868. The van der Waals surface area contributed by atoms with Crippen LogP contribution in [-0.4, -0.2) is 5.78 Å². The third kappa shape index (κ3) is 3.38. The summed E-state index contributed by atoms with van der Waals surface area (Å²) in [5.74, 6) is 0.483. The van der Waals surface area contributed by atoms with E-state index in [1.165, 1.54) is 11.1 Å². The van der Waals surface area contributed by atoms with Gasteiger partial charge in [-0.15, -0.1) is 0 Å². The van der Waals surface area contributed by atoms with Gasteiger partial charge in [0.25, 0.3) is 0 Å². The molecule has 0 unspecified atom stereocenters. The van der Waals surface area contributed by atoms with Crippen molar-refractivity contribution in [2.24, 2.45) is 5.92 Å². The average Bonchev–Trinajstić information content (AvgIpc) is 2.56. The summed E-state index contributed by atoms with van der Waals surface area (Å²) in [7, 11) is 0. The first-order valence-electron chi connectivity index (χ1n) is 8.15. The highest BCUT2D eigenvalue weighted by molar-refractivity contribution is 5.83. The largest absolute Gasteiger partial charge is 0.378 e. The van der Waals surface area contributed by atoms with Crippen LogP contribution < -0.4 is 5.32 Å². The zero-order valence-electron chi connectivity index (χ0n) is 13.1. The van der Waals surface area contributed by atoms with Crippen LogP contribution in [0.25, 0.3) is 0 Å². The molecule has 2 aromatic rings. The zero-order chi connectivity index (χ0) is 15.4. The lowest BCUT2D eigenvalue weighted by Gasteiger charge is -2.31. The van der Waals surface area contributed by atoms with Gasteiger partial charge in [-0.05, 0) is 37.5 Å². The summed E-state index contributed by atoms with van der Waals surface area (Å²) in [5.41, 5.74) is 3.52. The first-order chi connectivity index (χ1) is 10.7. The number of anilines is 1. The number of rotatable bonds is 4. The van der Waals surface area contributed by atoms with Gasteiger partial charge in [0.05, 0.1) is 6.04 Å². The van der Waals surface area contributed by atoms with E-state index in [2.05, 4.69) is 48.6 Å². The van der Waals surface area contributed by atoms with Gasteiger partial charge in [-0.25, -0.2) is 0 Å². The monoisotopic (exact) mass is 293 g/mol. The van der Waals surface area contributed by atoms with Crippen LogP contribution in [0, 0.1) is 12.8 Å². The molecule has 2 heteroatoms. The standard InChI is InChI=1S/C20H23NO/c1-15-11-13-17(14-12-15)21-20(16-7-3-2-4-8-16)18-9-5-6-10-19(18)22/h2-4,7-8,11-14,18,20-21H,5-6,9-10H2,1H3/t18-,20-/m1/s1. The predicted molar refractivity (Wildman–Crippen MR) is 90.9 cm³/mol. The summed E-state index contributed by atoms with van der Waals surface area (Å²) in [6.45, 7) is 2.09. The Morgan fingerprint density at radius 3 is 2.41 bits per heavy atom. The van der Waals surface area contributed by atoms with E-state index in [4.69, 9.17) is 0 Å². The highest BCUT2D eigenvalue weighted by atomic mass is 16.1. The Bertz CT molecular complexity index is 618. The summed E-state index contributed by atoms with van der Waals surface area (Å²) < 4.78 is 0. The molecule has 3 rings (SSSR count). The highest BCUT2D eigenvalue weighted by Crippen LogP contribution is 2.34. The molecule has 0 saturated heterocycles. The van der Waals surface area contributed by atoms with E-state index in [0.717, 1.165) is 31.4 Å². The van der Waals surface area contributed by atoms with E-state index in [1.54, 1.807) is 0 Å². The molecule has 0 spiro atoms. The number of ketones is 1. The molecule has 0 amide bonds. The molecule has 0 aliphatic heterocycles. The van der Waals surface area contributed by atoms with Gasteiger partial charge in [-0.1, -0.05) is 54.4 Å². The lowest BCUT2D eigenvalue weighted by Crippen LogP contribution is -2.30. The van der Waals surface area contributed by atoms with Gasteiger partial charge >= 0.3 is 0 Å². The Morgan fingerprint density at radius 2 is 1.73 bits per heavy atom. The fourth-order valence-corrected chi connectivity index (χ4v) is 3.27. The van der Waals surface area contributed by atoms with Crippen LogP contribution in [0.5, 0.6) is 0 Å². The number of hydrogen-bond donors (Lipinski definition) is 1. The van der Waals surface area contributed by atoms with E-state index < -0.39 is 0 Å². The topological polar surface area (TPSA) is 29.1 Å². The van der Waals surface area contributed by atoms with Crippen molar-refractivity contribution in [2.75, 3.05) is 5.32 Å². The van der Waals surface area contributed by atoms with Crippen molar-refractivity contribution in [3.8, 4) is 0 Å². The average molecular weight is 293 g/mol. The van der Waals surface area contributed by atoms with E-state index in [-0.39, 0.29) is 12.0 Å². The molecule has 22 heavy (non-hydrogen) atoms. The Labute approximate surface area is 132 Å². The van der Waals surface area contributed by atoms with Crippen LogP contribution >= 0.6 is 0 Å². The second-order valence-electron chi connectivity index (χ2n) is 6.22. The van der Waals surface area contributed by atoms with Gasteiger partial charge in [0.2, 0.25) is 0 Å². The molecule has 1 aliphatic carbocycles. The highest BCUT2D eigenvalue weighted by Gasteiger charge is 2.31. The molecule has 2 aromatic carbocycles. The number of benzene rings is 2. The molecule has 0 radical (unpaired) electrons. The second kappa shape index (κ2) is 6.78. The third-order valence-electron chi connectivity index (χ3n) is 4.54. The minimum absolute atomic E-state index is 0.0664. The SMILES string of the molecule is Cc1ccc(N[C@H](c2ccccc2)[C@@H]2CCCCC2=O)cc1. The first kappa shape index (κ1) is 14.8.